The number of thioether (sulfide) groups is 1. The molecule has 2 rings (SSSR count). The molecule has 0 heterocycles. The van der Waals surface area contributed by atoms with Gasteiger partial charge in [-0.15, -0.1) is 11.8 Å². The molecule has 0 bridgehead atoms. The first-order valence-corrected chi connectivity index (χ1v) is 8.04. The van der Waals surface area contributed by atoms with E-state index >= 15 is 0 Å². The minimum atomic E-state index is 0.0800. The largest absolute Gasteiger partial charge is 0.294 e. The van der Waals surface area contributed by atoms with Crippen molar-refractivity contribution < 1.29 is 4.79 Å². The Balaban J connectivity index is 2.09. The molecule has 0 amide bonds. The van der Waals surface area contributed by atoms with Crippen molar-refractivity contribution in [1.29, 1.82) is 0 Å². The Bertz CT molecular complexity index is 608. The molecular weight excluding hydrogens is 311 g/mol. The van der Waals surface area contributed by atoms with Gasteiger partial charge >= 0.3 is 0 Å². The van der Waals surface area contributed by atoms with E-state index in [1.807, 2.05) is 30.3 Å². The number of carbonyl (C=O) groups excluding carboxylic acids is 1. The van der Waals surface area contributed by atoms with E-state index in [4.69, 9.17) is 23.2 Å². The molecule has 0 aliphatic carbocycles. The molecule has 0 aliphatic heterocycles. The van der Waals surface area contributed by atoms with Crippen LogP contribution in [0.2, 0.25) is 10.0 Å². The van der Waals surface area contributed by atoms with Crippen molar-refractivity contribution in [2.24, 2.45) is 0 Å². The highest BCUT2D eigenvalue weighted by molar-refractivity contribution is 7.99. The molecule has 0 atom stereocenters. The molecule has 4 heteroatoms. The maximum absolute atomic E-state index is 12.2. The predicted molar refractivity (Wildman–Crippen MR) is 87.3 cm³/mol. The standard InChI is InChI=1S/C16H14Cl2OS/c1-2-20-13-6-4-12(5-7-13)16(19)10-11-3-8-14(17)15(18)9-11/h3-9H,2,10H2,1H3. The molecule has 0 aliphatic rings. The zero-order chi connectivity index (χ0) is 14.5. The van der Waals surface area contributed by atoms with Crippen LogP contribution in [0.5, 0.6) is 0 Å². The average molecular weight is 325 g/mol. The summed E-state index contributed by atoms with van der Waals surface area (Å²) < 4.78 is 0. The van der Waals surface area contributed by atoms with Crippen LogP contribution in [-0.2, 0) is 6.42 Å². The second kappa shape index (κ2) is 7.16. The van der Waals surface area contributed by atoms with Crippen molar-refractivity contribution in [2.75, 3.05) is 5.75 Å². The third-order valence-corrected chi connectivity index (χ3v) is 4.47. The van der Waals surface area contributed by atoms with Gasteiger partial charge in [-0.05, 0) is 35.6 Å². The van der Waals surface area contributed by atoms with Crippen LogP contribution in [0.25, 0.3) is 0 Å². The van der Waals surface area contributed by atoms with E-state index in [9.17, 15) is 4.79 Å². The lowest BCUT2D eigenvalue weighted by Crippen LogP contribution is -2.03. The summed E-state index contributed by atoms with van der Waals surface area (Å²) >= 11 is 13.6. The van der Waals surface area contributed by atoms with Gasteiger partial charge in [0.15, 0.2) is 5.78 Å². The summed E-state index contributed by atoms with van der Waals surface area (Å²) in [5.74, 6) is 1.10. The van der Waals surface area contributed by atoms with Crippen molar-refractivity contribution in [1.82, 2.24) is 0 Å². The lowest BCUT2D eigenvalue weighted by Gasteiger charge is -2.04. The van der Waals surface area contributed by atoms with Gasteiger partial charge in [-0.1, -0.05) is 48.3 Å². The van der Waals surface area contributed by atoms with Crippen molar-refractivity contribution in [3.63, 3.8) is 0 Å². The SMILES string of the molecule is CCSc1ccc(C(=O)Cc2ccc(Cl)c(Cl)c2)cc1. The number of benzene rings is 2. The van der Waals surface area contributed by atoms with E-state index in [-0.39, 0.29) is 5.78 Å². The van der Waals surface area contributed by atoms with Gasteiger partial charge in [0.1, 0.15) is 0 Å². The van der Waals surface area contributed by atoms with Gasteiger partial charge in [-0.25, -0.2) is 0 Å². The Hall–Kier alpha value is -0.960. The smallest absolute Gasteiger partial charge is 0.167 e. The number of hydrogen-bond acceptors (Lipinski definition) is 2. The summed E-state index contributed by atoms with van der Waals surface area (Å²) in [4.78, 5) is 13.4. The fraction of sp³-hybridized carbons (Fsp3) is 0.188. The molecular formula is C16H14Cl2OS. The summed E-state index contributed by atoms with van der Waals surface area (Å²) in [7, 11) is 0. The van der Waals surface area contributed by atoms with Crippen LogP contribution < -0.4 is 0 Å². The second-order valence-corrected chi connectivity index (χ2v) is 6.46. The predicted octanol–water partition coefficient (Wildman–Crippen LogP) is 5.53. The summed E-state index contributed by atoms with van der Waals surface area (Å²) in [6, 6.07) is 13.0. The van der Waals surface area contributed by atoms with Crippen LogP contribution >= 0.6 is 35.0 Å². The summed E-state index contributed by atoms with van der Waals surface area (Å²) in [5.41, 5.74) is 1.59. The molecule has 0 radical (unpaired) electrons. The third kappa shape index (κ3) is 4.02. The molecule has 0 spiro atoms. The highest BCUT2D eigenvalue weighted by atomic mass is 35.5. The van der Waals surface area contributed by atoms with Gasteiger partial charge in [0, 0.05) is 16.9 Å². The van der Waals surface area contributed by atoms with Gasteiger partial charge in [0.2, 0.25) is 0 Å². The van der Waals surface area contributed by atoms with Crippen LogP contribution in [0.3, 0.4) is 0 Å². The number of hydrogen-bond donors (Lipinski definition) is 0. The third-order valence-electron chi connectivity index (χ3n) is 2.84. The number of rotatable bonds is 5. The highest BCUT2D eigenvalue weighted by Gasteiger charge is 2.08. The van der Waals surface area contributed by atoms with Crippen LogP contribution in [0, 0.1) is 0 Å². The maximum atomic E-state index is 12.2. The van der Waals surface area contributed by atoms with Gasteiger partial charge < -0.3 is 0 Å². The molecule has 2 aromatic carbocycles. The molecule has 0 saturated carbocycles. The van der Waals surface area contributed by atoms with E-state index in [1.54, 1.807) is 23.9 Å². The zero-order valence-corrected chi connectivity index (χ0v) is 13.4. The quantitative estimate of drug-likeness (QED) is 0.531. The fourth-order valence-electron chi connectivity index (χ4n) is 1.84. The first-order chi connectivity index (χ1) is 9.60. The van der Waals surface area contributed by atoms with E-state index in [0.717, 1.165) is 16.9 Å². The van der Waals surface area contributed by atoms with Crippen LogP contribution in [0.4, 0.5) is 0 Å². The van der Waals surface area contributed by atoms with Crippen molar-refractivity contribution >= 4 is 40.7 Å². The summed E-state index contributed by atoms with van der Waals surface area (Å²) in [5, 5.41) is 0.982. The highest BCUT2D eigenvalue weighted by Crippen LogP contribution is 2.23. The molecule has 0 saturated heterocycles. The number of Topliss-reactive ketones (excluding diaryl/α,β-unsaturated/α-hetero) is 1. The van der Waals surface area contributed by atoms with Crippen LogP contribution in [0.15, 0.2) is 47.4 Å². The molecule has 0 N–H and O–H groups in total. The Labute approximate surface area is 133 Å². The van der Waals surface area contributed by atoms with Crippen LogP contribution in [-0.4, -0.2) is 11.5 Å². The van der Waals surface area contributed by atoms with Crippen molar-refractivity contribution in [3.05, 3.63) is 63.6 Å². The van der Waals surface area contributed by atoms with E-state index in [2.05, 4.69) is 6.92 Å². The average Bonchev–Trinajstić information content (AvgIpc) is 2.44. The maximum Gasteiger partial charge on any atom is 0.167 e. The Morgan fingerprint density at radius 2 is 1.75 bits per heavy atom. The zero-order valence-electron chi connectivity index (χ0n) is 11.0. The van der Waals surface area contributed by atoms with Crippen LogP contribution in [0.1, 0.15) is 22.8 Å². The first-order valence-electron chi connectivity index (χ1n) is 6.30. The van der Waals surface area contributed by atoms with Gasteiger partial charge in [-0.3, -0.25) is 4.79 Å². The summed E-state index contributed by atoms with van der Waals surface area (Å²) in [6.45, 7) is 2.11. The lowest BCUT2D eigenvalue weighted by molar-refractivity contribution is 0.0993. The molecule has 2 aromatic rings. The lowest BCUT2D eigenvalue weighted by atomic mass is 10.0. The van der Waals surface area contributed by atoms with Crippen molar-refractivity contribution in [3.8, 4) is 0 Å². The fourth-order valence-corrected chi connectivity index (χ4v) is 2.82. The Morgan fingerprint density at radius 3 is 2.35 bits per heavy atom. The normalized spacial score (nSPS) is 10.6. The Kier molecular flexibility index (Phi) is 5.53. The monoisotopic (exact) mass is 324 g/mol. The van der Waals surface area contributed by atoms with E-state index in [0.29, 0.717) is 16.5 Å². The van der Waals surface area contributed by atoms with Gasteiger partial charge in [0.25, 0.3) is 0 Å². The number of carbonyl (C=O) groups is 1. The summed E-state index contributed by atoms with van der Waals surface area (Å²) in [6.07, 6.45) is 0.331. The molecule has 20 heavy (non-hydrogen) atoms. The Morgan fingerprint density at radius 1 is 1.05 bits per heavy atom. The van der Waals surface area contributed by atoms with Gasteiger partial charge in [0.05, 0.1) is 10.0 Å². The van der Waals surface area contributed by atoms with Gasteiger partial charge in [-0.2, -0.15) is 0 Å². The molecule has 104 valence electrons. The molecule has 0 unspecified atom stereocenters. The molecule has 0 aromatic heterocycles. The minimum absolute atomic E-state index is 0.0800. The molecule has 1 nitrogen and oxygen atoms in total. The number of halogens is 2. The van der Waals surface area contributed by atoms with E-state index in [1.165, 1.54) is 4.90 Å². The second-order valence-electron chi connectivity index (χ2n) is 4.31. The minimum Gasteiger partial charge on any atom is -0.294 e. The van der Waals surface area contributed by atoms with E-state index < -0.39 is 0 Å². The molecule has 0 fully saturated rings. The van der Waals surface area contributed by atoms with Crippen molar-refractivity contribution in [2.45, 2.75) is 18.2 Å². The first kappa shape index (κ1) is 15.4. The topological polar surface area (TPSA) is 17.1 Å². The number of ketones is 1.